The molecule has 3 aliphatic rings. The number of rotatable bonds is 1. The molecule has 3 rings (SSSR count). The SMILES string of the molecule is CC1(NC2=NCC3(CCCC3)CS2)CCCC1. The highest BCUT2D eigenvalue weighted by Gasteiger charge is 2.38. The van der Waals surface area contributed by atoms with Crippen LogP contribution in [0.2, 0.25) is 0 Å². The second kappa shape index (κ2) is 4.49. The van der Waals surface area contributed by atoms with E-state index in [2.05, 4.69) is 12.2 Å². The van der Waals surface area contributed by atoms with Gasteiger partial charge in [-0.1, -0.05) is 37.4 Å². The normalized spacial score (nSPS) is 30.5. The largest absolute Gasteiger partial charge is 0.360 e. The molecule has 96 valence electrons. The van der Waals surface area contributed by atoms with E-state index in [4.69, 9.17) is 4.99 Å². The molecule has 2 fully saturated rings. The van der Waals surface area contributed by atoms with E-state index < -0.39 is 0 Å². The Morgan fingerprint density at radius 2 is 1.71 bits per heavy atom. The lowest BCUT2D eigenvalue weighted by Crippen LogP contribution is -2.45. The molecule has 0 aromatic carbocycles. The third-order valence-electron chi connectivity index (χ3n) is 4.85. The van der Waals surface area contributed by atoms with E-state index in [-0.39, 0.29) is 0 Å². The van der Waals surface area contributed by atoms with Crippen LogP contribution in [0.4, 0.5) is 0 Å². The van der Waals surface area contributed by atoms with Crippen LogP contribution in [0.25, 0.3) is 0 Å². The van der Waals surface area contributed by atoms with Gasteiger partial charge in [0.1, 0.15) is 0 Å². The minimum absolute atomic E-state index is 0.339. The zero-order valence-electron chi connectivity index (χ0n) is 10.9. The van der Waals surface area contributed by atoms with Crippen LogP contribution in [0.1, 0.15) is 58.3 Å². The summed E-state index contributed by atoms with van der Waals surface area (Å²) in [6.45, 7) is 3.45. The molecule has 0 amide bonds. The molecule has 3 heteroatoms. The first-order chi connectivity index (χ1) is 8.20. The molecule has 0 unspecified atom stereocenters. The van der Waals surface area contributed by atoms with Gasteiger partial charge < -0.3 is 5.32 Å². The highest BCUT2D eigenvalue weighted by Crippen LogP contribution is 2.43. The molecule has 2 nitrogen and oxygen atoms in total. The van der Waals surface area contributed by atoms with Gasteiger partial charge in [-0.3, -0.25) is 4.99 Å². The van der Waals surface area contributed by atoms with Crippen LogP contribution in [-0.2, 0) is 0 Å². The average molecular weight is 252 g/mol. The molecule has 0 atom stereocenters. The van der Waals surface area contributed by atoms with E-state index in [1.165, 1.54) is 62.3 Å². The van der Waals surface area contributed by atoms with Crippen LogP contribution >= 0.6 is 11.8 Å². The molecule has 0 saturated heterocycles. The van der Waals surface area contributed by atoms with E-state index in [1.54, 1.807) is 0 Å². The van der Waals surface area contributed by atoms with Gasteiger partial charge in [0.05, 0.1) is 0 Å². The van der Waals surface area contributed by atoms with Crippen LogP contribution in [-0.4, -0.2) is 23.0 Å². The first-order valence-electron chi connectivity index (χ1n) is 7.15. The van der Waals surface area contributed by atoms with Crippen molar-refractivity contribution in [3.8, 4) is 0 Å². The number of nitrogens with one attached hydrogen (secondary N) is 1. The van der Waals surface area contributed by atoms with Crippen LogP contribution in [0.5, 0.6) is 0 Å². The maximum Gasteiger partial charge on any atom is 0.157 e. The number of thioether (sulfide) groups is 1. The van der Waals surface area contributed by atoms with Gasteiger partial charge in [-0.2, -0.15) is 0 Å². The van der Waals surface area contributed by atoms with Crippen LogP contribution in [0.3, 0.4) is 0 Å². The van der Waals surface area contributed by atoms with E-state index in [0.717, 1.165) is 6.54 Å². The second-order valence-corrected chi connectivity index (χ2v) is 7.47. The first kappa shape index (κ1) is 11.9. The molecule has 0 aromatic rings. The van der Waals surface area contributed by atoms with Gasteiger partial charge in [0.25, 0.3) is 0 Å². The summed E-state index contributed by atoms with van der Waals surface area (Å²) in [5.41, 5.74) is 0.915. The summed E-state index contributed by atoms with van der Waals surface area (Å²) in [5.74, 6) is 1.30. The third-order valence-corrected chi connectivity index (χ3v) is 6.11. The molecule has 2 aliphatic carbocycles. The van der Waals surface area contributed by atoms with Crippen molar-refractivity contribution in [1.82, 2.24) is 5.32 Å². The Labute approximate surface area is 109 Å². The minimum atomic E-state index is 0.339. The Morgan fingerprint density at radius 1 is 1.06 bits per heavy atom. The molecular weight excluding hydrogens is 228 g/mol. The number of amidine groups is 1. The van der Waals surface area contributed by atoms with Crippen molar-refractivity contribution in [2.45, 2.75) is 63.8 Å². The number of nitrogens with zero attached hydrogens (tertiary/aromatic N) is 1. The van der Waals surface area contributed by atoms with Gasteiger partial charge in [0.2, 0.25) is 0 Å². The summed E-state index contributed by atoms with van der Waals surface area (Å²) in [4.78, 5) is 4.84. The summed E-state index contributed by atoms with van der Waals surface area (Å²) in [6.07, 6.45) is 11.1. The van der Waals surface area contributed by atoms with Crippen molar-refractivity contribution in [2.24, 2.45) is 10.4 Å². The number of hydrogen-bond acceptors (Lipinski definition) is 3. The smallest absolute Gasteiger partial charge is 0.157 e. The molecule has 1 spiro atoms. The zero-order valence-corrected chi connectivity index (χ0v) is 11.7. The summed E-state index contributed by atoms with van der Waals surface area (Å²) in [5, 5.41) is 4.94. The Morgan fingerprint density at radius 3 is 2.29 bits per heavy atom. The molecular formula is C14H24N2S. The summed E-state index contributed by atoms with van der Waals surface area (Å²) in [7, 11) is 0. The van der Waals surface area contributed by atoms with Gasteiger partial charge in [-0.15, -0.1) is 0 Å². The molecule has 17 heavy (non-hydrogen) atoms. The lowest BCUT2D eigenvalue weighted by Gasteiger charge is -2.34. The Balaban J connectivity index is 1.60. The average Bonchev–Trinajstić information content (AvgIpc) is 2.93. The van der Waals surface area contributed by atoms with Crippen molar-refractivity contribution in [3.63, 3.8) is 0 Å². The highest BCUT2D eigenvalue weighted by atomic mass is 32.2. The summed E-state index contributed by atoms with van der Waals surface area (Å²) in [6, 6.07) is 0. The van der Waals surface area contributed by atoms with Crippen molar-refractivity contribution in [3.05, 3.63) is 0 Å². The van der Waals surface area contributed by atoms with Crippen molar-refractivity contribution in [2.75, 3.05) is 12.3 Å². The molecule has 0 radical (unpaired) electrons. The van der Waals surface area contributed by atoms with Gasteiger partial charge in [-0.05, 0) is 38.0 Å². The van der Waals surface area contributed by atoms with E-state index in [9.17, 15) is 0 Å². The topological polar surface area (TPSA) is 24.4 Å². The highest BCUT2D eigenvalue weighted by molar-refractivity contribution is 8.13. The van der Waals surface area contributed by atoms with Crippen LogP contribution < -0.4 is 5.32 Å². The van der Waals surface area contributed by atoms with E-state index >= 15 is 0 Å². The quantitative estimate of drug-likeness (QED) is 0.771. The maximum atomic E-state index is 4.84. The van der Waals surface area contributed by atoms with Gasteiger partial charge in [0, 0.05) is 17.8 Å². The van der Waals surface area contributed by atoms with Crippen molar-refractivity contribution < 1.29 is 0 Å². The molecule has 0 bridgehead atoms. The lowest BCUT2D eigenvalue weighted by atomic mass is 9.89. The second-order valence-electron chi connectivity index (χ2n) is 6.51. The van der Waals surface area contributed by atoms with Crippen LogP contribution in [0.15, 0.2) is 4.99 Å². The zero-order chi connectivity index (χ0) is 11.8. The Kier molecular flexibility index (Phi) is 3.14. The minimum Gasteiger partial charge on any atom is -0.360 e. The molecule has 1 heterocycles. The first-order valence-corrected chi connectivity index (χ1v) is 8.14. The Hall–Kier alpha value is -0.180. The fourth-order valence-corrected chi connectivity index (χ4v) is 4.89. The predicted octanol–water partition coefficient (Wildman–Crippen LogP) is 3.57. The van der Waals surface area contributed by atoms with E-state index in [1.807, 2.05) is 11.8 Å². The molecule has 1 N–H and O–H groups in total. The standard InChI is InChI=1S/C14H24N2S/c1-13(6-2-3-7-13)16-12-15-10-14(11-17-12)8-4-5-9-14/h2-11H2,1H3,(H,15,16). The summed E-state index contributed by atoms with van der Waals surface area (Å²) < 4.78 is 0. The molecule has 0 aromatic heterocycles. The number of hydrogen-bond donors (Lipinski definition) is 1. The maximum absolute atomic E-state index is 4.84. The molecule has 1 aliphatic heterocycles. The van der Waals surface area contributed by atoms with Crippen molar-refractivity contribution in [1.29, 1.82) is 0 Å². The third kappa shape index (κ3) is 2.49. The number of aliphatic imine (C=N–C) groups is 1. The van der Waals surface area contributed by atoms with Crippen LogP contribution in [0, 0.1) is 5.41 Å². The van der Waals surface area contributed by atoms with E-state index in [0.29, 0.717) is 11.0 Å². The monoisotopic (exact) mass is 252 g/mol. The summed E-state index contributed by atoms with van der Waals surface area (Å²) >= 11 is 1.98. The fourth-order valence-electron chi connectivity index (χ4n) is 3.59. The lowest BCUT2D eigenvalue weighted by molar-refractivity contribution is 0.355. The Bertz CT molecular complexity index is 312. The van der Waals surface area contributed by atoms with Gasteiger partial charge >= 0.3 is 0 Å². The predicted molar refractivity (Wildman–Crippen MR) is 75.7 cm³/mol. The van der Waals surface area contributed by atoms with Gasteiger partial charge in [0.15, 0.2) is 5.17 Å². The fraction of sp³-hybridized carbons (Fsp3) is 0.929. The van der Waals surface area contributed by atoms with Crippen molar-refractivity contribution >= 4 is 16.9 Å². The molecule has 2 saturated carbocycles. The van der Waals surface area contributed by atoms with Gasteiger partial charge in [-0.25, -0.2) is 0 Å².